The molecule has 0 bridgehead atoms. The number of hydrogen-bond acceptors (Lipinski definition) is 4. The van der Waals surface area contributed by atoms with Gasteiger partial charge in [-0.3, -0.25) is 0 Å². The number of pyridine rings is 1. The second-order valence-corrected chi connectivity index (χ2v) is 7.88. The van der Waals surface area contributed by atoms with E-state index in [2.05, 4.69) is 4.98 Å². The van der Waals surface area contributed by atoms with Crippen LogP contribution in [0.4, 0.5) is 5.69 Å². The second kappa shape index (κ2) is 6.03. The summed E-state index contributed by atoms with van der Waals surface area (Å²) in [7, 11) is 0. The van der Waals surface area contributed by atoms with E-state index >= 15 is 0 Å². The normalized spacial score (nSPS) is 11.7. The average Bonchev–Trinajstić information content (AvgIpc) is 2.52. The number of nitro groups is 1. The van der Waals surface area contributed by atoms with Gasteiger partial charge < -0.3 is 0 Å². The van der Waals surface area contributed by atoms with Crippen molar-refractivity contribution in [1.29, 1.82) is 0 Å². The maximum absolute atomic E-state index is 11.4. The van der Waals surface area contributed by atoms with Crippen LogP contribution >= 0.6 is 0 Å². The monoisotopic (exact) mass is 358 g/mol. The Morgan fingerprint density at radius 1 is 1.27 bits per heavy atom. The fraction of sp³-hybridized carbons (Fsp3) is 0.188. The first-order valence-corrected chi connectivity index (χ1v) is 9.48. The third-order valence-corrected chi connectivity index (χ3v) is 6.45. The topological polar surface area (TPSA) is 76.3 Å². The SMILES string of the molecule is Cc1ccc([N+](=O)[O-])c2c([AsH]CCO)c3ccccc3nc12. The van der Waals surface area contributed by atoms with Crippen molar-refractivity contribution in [3.8, 4) is 0 Å². The summed E-state index contributed by atoms with van der Waals surface area (Å²) in [6.45, 7) is 2.03. The van der Waals surface area contributed by atoms with Gasteiger partial charge in [0.25, 0.3) is 0 Å². The van der Waals surface area contributed by atoms with E-state index in [-0.39, 0.29) is 17.2 Å². The van der Waals surface area contributed by atoms with Crippen molar-refractivity contribution >= 4 is 47.6 Å². The van der Waals surface area contributed by atoms with Gasteiger partial charge in [-0.25, -0.2) is 0 Å². The Labute approximate surface area is 133 Å². The number of para-hydroxylation sites is 1. The molecule has 3 rings (SSSR count). The Kier molecular flexibility index (Phi) is 4.10. The molecule has 1 unspecified atom stereocenters. The molecule has 0 saturated heterocycles. The molecule has 0 radical (unpaired) electrons. The van der Waals surface area contributed by atoms with Gasteiger partial charge in [-0.05, 0) is 0 Å². The van der Waals surface area contributed by atoms with E-state index in [1.54, 1.807) is 12.1 Å². The van der Waals surface area contributed by atoms with Crippen molar-refractivity contribution in [3.63, 3.8) is 0 Å². The Bertz CT molecular complexity index is 880. The summed E-state index contributed by atoms with van der Waals surface area (Å²) in [5, 5.41) is 22.9. The summed E-state index contributed by atoms with van der Waals surface area (Å²) in [6.07, 6.45) is 0. The Hall–Kier alpha value is -1.97. The number of fused-ring (bicyclic) bond motifs is 2. The molecule has 0 aliphatic carbocycles. The van der Waals surface area contributed by atoms with Gasteiger partial charge in [0.1, 0.15) is 0 Å². The molecule has 1 heterocycles. The van der Waals surface area contributed by atoms with Gasteiger partial charge in [-0.1, -0.05) is 0 Å². The van der Waals surface area contributed by atoms with Gasteiger partial charge in [0.05, 0.1) is 0 Å². The number of benzene rings is 2. The number of aliphatic hydroxyl groups is 1. The molecule has 0 amide bonds. The van der Waals surface area contributed by atoms with Crippen LogP contribution in [0.15, 0.2) is 36.4 Å². The molecule has 2 aromatic carbocycles. The van der Waals surface area contributed by atoms with Crippen molar-refractivity contribution in [3.05, 3.63) is 52.1 Å². The molecule has 1 N–H and O–H groups in total. The van der Waals surface area contributed by atoms with E-state index in [0.29, 0.717) is 16.1 Å². The number of nitrogens with zero attached hydrogens (tertiary/aromatic N) is 2. The molecular formula is C16H15AsN2O3. The summed E-state index contributed by atoms with van der Waals surface area (Å²) in [6, 6.07) is 11.0. The van der Waals surface area contributed by atoms with Gasteiger partial charge in [-0.15, -0.1) is 0 Å². The molecule has 0 fully saturated rings. The number of aliphatic hydroxyl groups excluding tert-OH is 1. The fourth-order valence-corrected chi connectivity index (χ4v) is 5.12. The summed E-state index contributed by atoms with van der Waals surface area (Å²) >= 11 is -0.679. The predicted molar refractivity (Wildman–Crippen MR) is 89.3 cm³/mol. The van der Waals surface area contributed by atoms with Crippen LogP contribution < -0.4 is 4.35 Å². The standard InChI is InChI=1S/C16H15AsN2O3/c1-10-6-7-13(19(21)22)14-15(17-8-9-20)11-4-2-3-5-12(11)18-16(10)14/h2-7,17,20H,8-9H2,1H3. The van der Waals surface area contributed by atoms with Crippen LogP contribution in [0.25, 0.3) is 21.8 Å². The van der Waals surface area contributed by atoms with E-state index in [0.717, 1.165) is 20.8 Å². The first-order chi connectivity index (χ1) is 10.6. The number of non-ortho nitro benzene ring substituents is 1. The number of hydrogen-bond donors (Lipinski definition) is 1. The second-order valence-electron chi connectivity index (χ2n) is 5.04. The van der Waals surface area contributed by atoms with Crippen molar-refractivity contribution in [2.45, 2.75) is 12.1 Å². The van der Waals surface area contributed by atoms with Crippen molar-refractivity contribution in [2.24, 2.45) is 0 Å². The molecule has 0 aliphatic rings. The maximum atomic E-state index is 11.4. The number of aryl methyl sites for hydroxylation is 1. The van der Waals surface area contributed by atoms with Crippen LogP contribution in [0.5, 0.6) is 0 Å². The molecule has 0 aliphatic heterocycles. The Morgan fingerprint density at radius 2 is 2.05 bits per heavy atom. The zero-order valence-corrected chi connectivity index (χ0v) is 14.1. The minimum atomic E-state index is -0.679. The molecule has 5 nitrogen and oxygen atoms in total. The predicted octanol–water partition coefficient (Wildman–Crippen LogP) is 2.08. The van der Waals surface area contributed by atoms with Crippen LogP contribution in [0.3, 0.4) is 0 Å². The third kappa shape index (κ3) is 2.47. The molecule has 3 aromatic rings. The molecule has 112 valence electrons. The molecule has 1 aromatic heterocycles. The molecular weight excluding hydrogens is 343 g/mol. The van der Waals surface area contributed by atoms with E-state index in [1.807, 2.05) is 31.2 Å². The van der Waals surface area contributed by atoms with E-state index in [9.17, 15) is 15.2 Å². The quantitative estimate of drug-likeness (QED) is 0.335. The van der Waals surface area contributed by atoms with Gasteiger partial charge in [-0.2, -0.15) is 0 Å². The molecule has 0 saturated carbocycles. The number of aromatic nitrogens is 1. The average molecular weight is 358 g/mol. The van der Waals surface area contributed by atoms with Crippen LogP contribution in [0, 0.1) is 17.0 Å². The summed E-state index contributed by atoms with van der Waals surface area (Å²) in [5.74, 6) is 0. The first-order valence-electron chi connectivity index (χ1n) is 6.94. The van der Waals surface area contributed by atoms with Gasteiger partial charge in [0.2, 0.25) is 0 Å². The van der Waals surface area contributed by atoms with Crippen LogP contribution in [-0.4, -0.2) is 37.4 Å². The van der Waals surface area contributed by atoms with E-state index in [4.69, 9.17) is 0 Å². The Morgan fingerprint density at radius 3 is 2.77 bits per heavy atom. The molecule has 0 spiro atoms. The first kappa shape index (κ1) is 14.9. The molecule has 22 heavy (non-hydrogen) atoms. The molecule has 1 atom stereocenters. The third-order valence-electron chi connectivity index (χ3n) is 3.62. The van der Waals surface area contributed by atoms with Gasteiger partial charge in [0, 0.05) is 0 Å². The summed E-state index contributed by atoms with van der Waals surface area (Å²) in [5.41, 5.74) is 2.60. The zero-order chi connectivity index (χ0) is 15.7. The van der Waals surface area contributed by atoms with Crippen molar-refractivity contribution in [2.75, 3.05) is 6.61 Å². The van der Waals surface area contributed by atoms with Crippen molar-refractivity contribution < 1.29 is 10.0 Å². The van der Waals surface area contributed by atoms with E-state index < -0.39 is 15.8 Å². The van der Waals surface area contributed by atoms with Crippen LogP contribution in [0.1, 0.15) is 5.56 Å². The summed E-state index contributed by atoms with van der Waals surface area (Å²) in [4.78, 5) is 15.7. The Balaban J connectivity index is 2.48. The minimum absolute atomic E-state index is 0.107. The number of rotatable bonds is 4. The number of nitro benzene ring substituents is 1. The zero-order valence-electron chi connectivity index (χ0n) is 12.0. The van der Waals surface area contributed by atoms with E-state index in [1.165, 1.54) is 0 Å². The summed E-state index contributed by atoms with van der Waals surface area (Å²) < 4.78 is 1.02. The van der Waals surface area contributed by atoms with Gasteiger partial charge >= 0.3 is 133 Å². The van der Waals surface area contributed by atoms with Gasteiger partial charge in [0.15, 0.2) is 0 Å². The van der Waals surface area contributed by atoms with Crippen molar-refractivity contribution in [1.82, 2.24) is 4.98 Å². The van der Waals surface area contributed by atoms with Crippen LogP contribution in [0.2, 0.25) is 5.21 Å². The molecule has 6 heteroatoms. The fourth-order valence-electron chi connectivity index (χ4n) is 2.63. The van der Waals surface area contributed by atoms with Crippen LogP contribution in [-0.2, 0) is 0 Å².